The second-order valence-electron chi connectivity index (χ2n) is 0.517. The standard InChI is InChI=1S/CH4N2S3/c2-6-1(4)3-5/h5H,2H2,(H,3,4). The Morgan fingerprint density at radius 3 is 2.50 bits per heavy atom. The first kappa shape index (κ1) is 6.55. The lowest BCUT2D eigenvalue weighted by Crippen LogP contribution is -2.06. The Hall–Kier alpha value is 0.550. The highest BCUT2D eigenvalue weighted by molar-refractivity contribution is 8.22. The molecular weight excluding hydrogens is 136 g/mol. The number of thiol groups is 1. The smallest absolute Gasteiger partial charge is 0.158 e. The highest BCUT2D eigenvalue weighted by atomic mass is 32.2. The fraction of sp³-hybridized carbons (Fsp3) is 0. The zero-order valence-electron chi connectivity index (χ0n) is 2.84. The van der Waals surface area contributed by atoms with Crippen molar-refractivity contribution in [3.8, 4) is 0 Å². The number of hydrogen-bond acceptors (Lipinski definition) is 4. The van der Waals surface area contributed by atoms with Crippen molar-refractivity contribution >= 4 is 41.3 Å². The van der Waals surface area contributed by atoms with Crippen LogP contribution < -0.4 is 9.86 Å². The quantitative estimate of drug-likeness (QED) is 0.257. The van der Waals surface area contributed by atoms with Crippen LogP contribution in [0.5, 0.6) is 0 Å². The van der Waals surface area contributed by atoms with Gasteiger partial charge < -0.3 is 4.72 Å². The van der Waals surface area contributed by atoms with Gasteiger partial charge in [-0.2, -0.15) is 0 Å². The lowest BCUT2D eigenvalue weighted by molar-refractivity contribution is 1.67. The molecule has 0 bridgehead atoms. The topological polar surface area (TPSA) is 38.0 Å². The van der Waals surface area contributed by atoms with Gasteiger partial charge in [-0.05, 0) is 11.9 Å². The lowest BCUT2D eigenvalue weighted by atomic mass is 11.5. The third-order valence-corrected chi connectivity index (χ3v) is 1.43. The molecule has 0 saturated carbocycles. The van der Waals surface area contributed by atoms with Gasteiger partial charge in [0.2, 0.25) is 0 Å². The van der Waals surface area contributed by atoms with Crippen molar-refractivity contribution in [3.05, 3.63) is 0 Å². The molecule has 0 rings (SSSR count). The molecule has 0 aliphatic carbocycles. The molecule has 0 heterocycles. The summed E-state index contributed by atoms with van der Waals surface area (Å²) in [6.45, 7) is 0. The summed E-state index contributed by atoms with van der Waals surface area (Å²) in [7, 11) is 0. The summed E-state index contributed by atoms with van der Waals surface area (Å²) in [6, 6.07) is 0. The van der Waals surface area contributed by atoms with Crippen molar-refractivity contribution < 1.29 is 0 Å². The van der Waals surface area contributed by atoms with Crippen molar-refractivity contribution in [1.82, 2.24) is 4.72 Å². The van der Waals surface area contributed by atoms with Gasteiger partial charge in [-0.3, -0.25) is 5.14 Å². The maximum Gasteiger partial charge on any atom is 0.158 e. The predicted octanol–water partition coefficient (Wildman–Crippen LogP) is 0.313. The number of thiocarbonyl (C=S) groups is 1. The molecule has 0 aromatic rings. The van der Waals surface area contributed by atoms with Gasteiger partial charge in [-0.25, -0.2) is 0 Å². The van der Waals surface area contributed by atoms with Crippen molar-refractivity contribution in [1.29, 1.82) is 0 Å². The molecule has 0 spiro atoms. The van der Waals surface area contributed by atoms with Gasteiger partial charge in [-0.15, -0.1) is 0 Å². The van der Waals surface area contributed by atoms with Gasteiger partial charge in [0.05, 0.1) is 0 Å². The first-order valence-corrected chi connectivity index (χ1v) is 2.85. The fourth-order valence-electron chi connectivity index (χ4n) is 0.0264. The summed E-state index contributed by atoms with van der Waals surface area (Å²) in [6.07, 6.45) is 0. The van der Waals surface area contributed by atoms with Crippen LogP contribution in [0.4, 0.5) is 0 Å². The molecule has 3 N–H and O–H groups in total. The predicted molar refractivity (Wildman–Crippen MR) is 36.5 cm³/mol. The Morgan fingerprint density at radius 2 is 2.50 bits per heavy atom. The number of hydrogen-bond donors (Lipinski definition) is 3. The second-order valence-corrected chi connectivity index (χ2v) is 2.05. The minimum Gasteiger partial charge on any atom is -0.317 e. The normalized spacial score (nSPS) is 7.67. The Kier molecular flexibility index (Phi) is 4.07. The molecule has 0 aliphatic heterocycles. The van der Waals surface area contributed by atoms with Crippen LogP contribution >= 0.6 is 37.0 Å². The average Bonchev–Trinajstić information content (AvgIpc) is 1.65. The van der Waals surface area contributed by atoms with E-state index in [0.717, 1.165) is 11.9 Å². The molecule has 2 nitrogen and oxygen atoms in total. The molecule has 0 unspecified atom stereocenters. The van der Waals surface area contributed by atoms with Gasteiger partial charge in [-0.1, -0.05) is 25.0 Å². The number of rotatable bonds is 0. The van der Waals surface area contributed by atoms with Crippen molar-refractivity contribution in [2.45, 2.75) is 0 Å². The maximum atomic E-state index is 4.95. The van der Waals surface area contributed by atoms with E-state index < -0.39 is 0 Å². The van der Waals surface area contributed by atoms with E-state index >= 15 is 0 Å². The first-order valence-electron chi connectivity index (χ1n) is 1.12. The Bertz CT molecular complexity index is 46.8. The van der Waals surface area contributed by atoms with E-state index in [1.54, 1.807) is 0 Å². The molecule has 0 amide bonds. The lowest BCUT2D eigenvalue weighted by Gasteiger charge is -1.89. The van der Waals surface area contributed by atoms with E-state index in [2.05, 4.69) is 29.8 Å². The van der Waals surface area contributed by atoms with Crippen LogP contribution in [0.1, 0.15) is 0 Å². The highest BCUT2D eigenvalue weighted by Gasteiger charge is 1.81. The van der Waals surface area contributed by atoms with Gasteiger partial charge in [0.15, 0.2) is 4.32 Å². The van der Waals surface area contributed by atoms with Crippen molar-refractivity contribution in [2.75, 3.05) is 0 Å². The summed E-state index contributed by atoms with van der Waals surface area (Å²) in [4.78, 5) is 0. The molecule has 0 atom stereocenters. The highest BCUT2D eigenvalue weighted by Crippen LogP contribution is 1.86. The number of nitrogens with two attached hydrogens (primary N) is 1. The van der Waals surface area contributed by atoms with E-state index in [9.17, 15) is 0 Å². The molecule has 0 radical (unpaired) electrons. The van der Waals surface area contributed by atoms with Gasteiger partial charge >= 0.3 is 0 Å². The summed E-state index contributed by atoms with van der Waals surface area (Å²) in [5, 5.41) is 4.95. The van der Waals surface area contributed by atoms with E-state index in [1.165, 1.54) is 0 Å². The van der Waals surface area contributed by atoms with E-state index in [0.29, 0.717) is 4.32 Å². The molecular formula is CH4N2S3. The van der Waals surface area contributed by atoms with E-state index in [4.69, 9.17) is 5.14 Å². The molecule has 0 saturated heterocycles. The van der Waals surface area contributed by atoms with Gasteiger partial charge in [0.1, 0.15) is 0 Å². The Balaban J connectivity index is 2.99. The van der Waals surface area contributed by atoms with E-state index in [1.807, 2.05) is 0 Å². The molecule has 36 valence electrons. The van der Waals surface area contributed by atoms with Crippen LogP contribution in [0.25, 0.3) is 0 Å². The zero-order chi connectivity index (χ0) is 4.99. The number of nitrogens with one attached hydrogen (secondary N) is 1. The van der Waals surface area contributed by atoms with Crippen molar-refractivity contribution in [3.63, 3.8) is 0 Å². The third kappa shape index (κ3) is 2.77. The summed E-state index contributed by atoms with van der Waals surface area (Å²) >= 11 is 9.08. The second kappa shape index (κ2) is 3.73. The summed E-state index contributed by atoms with van der Waals surface area (Å²) in [5.41, 5.74) is 0. The molecule has 5 heteroatoms. The Labute approximate surface area is 51.5 Å². The van der Waals surface area contributed by atoms with Crippen LogP contribution in [0.3, 0.4) is 0 Å². The molecule has 0 fully saturated rings. The van der Waals surface area contributed by atoms with Crippen LogP contribution in [-0.2, 0) is 0 Å². The van der Waals surface area contributed by atoms with Crippen LogP contribution in [0.2, 0.25) is 0 Å². The monoisotopic (exact) mass is 140 g/mol. The van der Waals surface area contributed by atoms with Crippen LogP contribution in [-0.4, -0.2) is 4.32 Å². The zero-order valence-corrected chi connectivity index (χ0v) is 5.37. The summed E-state index contributed by atoms with van der Waals surface area (Å²) < 4.78 is 2.86. The third-order valence-electron chi connectivity index (χ3n) is 0.198. The minimum absolute atomic E-state index is 0.485. The average molecular weight is 140 g/mol. The maximum absolute atomic E-state index is 4.95. The molecule has 0 aliphatic rings. The minimum atomic E-state index is 0.485. The SMILES string of the molecule is NSC(=S)NS. The van der Waals surface area contributed by atoms with Crippen LogP contribution in [0, 0.1) is 0 Å². The van der Waals surface area contributed by atoms with Crippen molar-refractivity contribution in [2.24, 2.45) is 5.14 Å². The molecule has 0 aromatic carbocycles. The fourth-order valence-corrected chi connectivity index (χ4v) is 0.237. The van der Waals surface area contributed by atoms with Gasteiger partial charge in [0.25, 0.3) is 0 Å². The van der Waals surface area contributed by atoms with Gasteiger partial charge in [0, 0.05) is 0 Å². The Morgan fingerprint density at radius 1 is 2.00 bits per heavy atom. The molecule has 0 aromatic heterocycles. The first-order chi connectivity index (χ1) is 2.81. The molecule has 6 heavy (non-hydrogen) atoms. The largest absolute Gasteiger partial charge is 0.317 e. The van der Waals surface area contributed by atoms with E-state index in [-0.39, 0.29) is 0 Å². The van der Waals surface area contributed by atoms with Crippen LogP contribution in [0.15, 0.2) is 0 Å². The summed E-state index contributed by atoms with van der Waals surface area (Å²) in [5.74, 6) is 0.